The number of amides is 3. The first-order valence-corrected chi connectivity index (χ1v) is 7.93. The second-order valence-electron chi connectivity index (χ2n) is 5.59. The Morgan fingerprint density at radius 1 is 1.29 bits per heavy atom. The van der Waals surface area contributed by atoms with Crippen molar-refractivity contribution in [2.24, 2.45) is 5.73 Å². The Balaban J connectivity index is 1.85. The van der Waals surface area contributed by atoms with E-state index in [4.69, 9.17) is 10.5 Å². The summed E-state index contributed by atoms with van der Waals surface area (Å²) >= 11 is 0. The SMILES string of the molecule is NC(=O)NC(CC(=O)NCCN1CCOCC1)c1ccccc1F. The number of rotatable bonds is 7. The number of morpholine rings is 1. The van der Waals surface area contributed by atoms with Crippen molar-refractivity contribution >= 4 is 11.9 Å². The number of carbonyl (C=O) groups is 2. The van der Waals surface area contributed by atoms with E-state index in [-0.39, 0.29) is 17.9 Å². The van der Waals surface area contributed by atoms with Gasteiger partial charge in [-0.2, -0.15) is 0 Å². The maximum Gasteiger partial charge on any atom is 0.312 e. The molecule has 1 heterocycles. The number of urea groups is 1. The van der Waals surface area contributed by atoms with Gasteiger partial charge in [-0.25, -0.2) is 9.18 Å². The lowest BCUT2D eigenvalue weighted by atomic mass is 10.0. The molecule has 0 bridgehead atoms. The maximum absolute atomic E-state index is 13.9. The molecule has 3 amide bonds. The van der Waals surface area contributed by atoms with Crippen LogP contribution >= 0.6 is 0 Å². The van der Waals surface area contributed by atoms with E-state index >= 15 is 0 Å². The highest BCUT2D eigenvalue weighted by Gasteiger charge is 2.20. The van der Waals surface area contributed by atoms with Gasteiger partial charge in [-0.3, -0.25) is 9.69 Å². The normalized spacial score (nSPS) is 16.4. The number of hydrogen-bond donors (Lipinski definition) is 3. The lowest BCUT2D eigenvalue weighted by molar-refractivity contribution is -0.121. The average molecular weight is 338 g/mol. The quantitative estimate of drug-likeness (QED) is 0.669. The summed E-state index contributed by atoms with van der Waals surface area (Å²) in [7, 11) is 0. The van der Waals surface area contributed by atoms with Crippen LogP contribution in [-0.4, -0.2) is 56.2 Å². The van der Waals surface area contributed by atoms with E-state index in [0.717, 1.165) is 19.6 Å². The fraction of sp³-hybridized carbons (Fsp3) is 0.500. The zero-order valence-electron chi connectivity index (χ0n) is 13.5. The largest absolute Gasteiger partial charge is 0.379 e. The van der Waals surface area contributed by atoms with Crippen LogP contribution in [0.15, 0.2) is 24.3 Å². The Hall–Kier alpha value is -2.19. The van der Waals surface area contributed by atoms with E-state index in [9.17, 15) is 14.0 Å². The van der Waals surface area contributed by atoms with Crippen LogP contribution in [0.1, 0.15) is 18.0 Å². The summed E-state index contributed by atoms with van der Waals surface area (Å²) in [6.07, 6.45) is -0.0764. The van der Waals surface area contributed by atoms with Crippen LogP contribution in [0.2, 0.25) is 0 Å². The van der Waals surface area contributed by atoms with Crippen LogP contribution in [0.5, 0.6) is 0 Å². The van der Waals surface area contributed by atoms with Crippen molar-refractivity contribution in [1.82, 2.24) is 15.5 Å². The third-order valence-corrected chi connectivity index (χ3v) is 3.84. The Kier molecular flexibility index (Phi) is 6.95. The second kappa shape index (κ2) is 9.19. The van der Waals surface area contributed by atoms with Gasteiger partial charge in [0.15, 0.2) is 0 Å². The van der Waals surface area contributed by atoms with Crippen molar-refractivity contribution in [2.75, 3.05) is 39.4 Å². The number of nitrogens with one attached hydrogen (secondary N) is 2. The average Bonchev–Trinajstić information content (AvgIpc) is 2.55. The van der Waals surface area contributed by atoms with Crippen molar-refractivity contribution in [3.63, 3.8) is 0 Å². The molecule has 1 unspecified atom stereocenters. The molecule has 0 radical (unpaired) electrons. The Labute approximate surface area is 140 Å². The van der Waals surface area contributed by atoms with E-state index < -0.39 is 17.9 Å². The molecule has 8 heteroatoms. The summed E-state index contributed by atoms with van der Waals surface area (Å²) in [5.74, 6) is -0.761. The molecule has 24 heavy (non-hydrogen) atoms. The van der Waals surface area contributed by atoms with Gasteiger partial charge in [-0.05, 0) is 6.07 Å². The van der Waals surface area contributed by atoms with E-state index in [1.165, 1.54) is 12.1 Å². The van der Waals surface area contributed by atoms with Gasteiger partial charge in [-0.15, -0.1) is 0 Å². The molecule has 1 aromatic carbocycles. The van der Waals surface area contributed by atoms with Crippen LogP contribution in [0, 0.1) is 5.82 Å². The van der Waals surface area contributed by atoms with Crippen LogP contribution in [0.3, 0.4) is 0 Å². The second-order valence-corrected chi connectivity index (χ2v) is 5.59. The summed E-state index contributed by atoms with van der Waals surface area (Å²) in [5.41, 5.74) is 5.37. The zero-order valence-corrected chi connectivity index (χ0v) is 13.5. The van der Waals surface area contributed by atoms with Gasteiger partial charge in [0.05, 0.1) is 25.7 Å². The van der Waals surface area contributed by atoms with Crippen molar-refractivity contribution < 1.29 is 18.7 Å². The van der Waals surface area contributed by atoms with Crippen LogP contribution in [0.4, 0.5) is 9.18 Å². The smallest absolute Gasteiger partial charge is 0.312 e. The highest BCUT2D eigenvalue weighted by molar-refractivity contribution is 5.78. The molecule has 0 spiro atoms. The predicted molar refractivity (Wildman–Crippen MR) is 86.7 cm³/mol. The zero-order chi connectivity index (χ0) is 17.4. The molecule has 1 aliphatic rings. The Morgan fingerprint density at radius 2 is 2.00 bits per heavy atom. The fourth-order valence-corrected chi connectivity index (χ4v) is 2.60. The number of halogens is 1. The van der Waals surface area contributed by atoms with Crippen molar-refractivity contribution in [3.8, 4) is 0 Å². The first-order chi connectivity index (χ1) is 11.6. The molecule has 1 fully saturated rings. The van der Waals surface area contributed by atoms with Gasteiger partial charge < -0.3 is 21.1 Å². The molecule has 1 aromatic rings. The first-order valence-electron chi connectivity index (χ1n) is 7.93. The van der Waals surface area contributed by atoms with Gasteiger partial charge in [0.1, 0.15) is 5.82 Å². The van der Waals surface area contributed by atoms with Gasteiger partial charge in [0.25, 0.3) is 0 Å². The number of primary amides is 1. The highest BCUT2D eigenvalue weighted by atomic mass is 19.1. The van der Waals surface area contributed by atoms with Gasteiger partial charge in [-0.1, -0.05) is 18.2 Å². The van der Waals surface area contributed by atoms with Gasteiger partial charge >= 0.3 is 6.03 Å². The molecule has 7 nitrogen and oxygen atoms in total. The Bertz CT molecular complexity index is 564. The van der Waals surface area contributed by atoms with Gasteiger partial charge in [0.2, 0.25) is 5.91 Å². The number of nitrogens with zero attached hydrogens (tertiary/aromatic N) is 1. The molecular weight excluding hydrogens is 315 g/mol. The lowest BCUT2D eigenvalue weighted by Crippen LogP contribution is -2.42. The van der Waals surface area contributed by atoms with E-state index in [0.29, 0.717) is 19.8 Å². The third kappa shape index (κ3) is 5.78. The minimum Gasteiger partial charge on any atom is -0.379 e. The lowest BCUT2D eigenvalue weighted by Gasteiger charge is -2.26. The molecule has 1 saturated heterocycles. The minimum atomic E-state index is -0.802. The predicted octanol–water partition coefficient (Wildman–Crippen LogP) is 0.374. The Morgan fingerprint density at radius 3 is 2.67 bits per heavy atom. The van der Waals surface area contributed by atoms with Crippen LogP contribution < -0.4 is 16.4 Å². The van der Waals surface area contributed by atoms with Crippen LogP contribution in [-0.2, 0) is 9.53 Å². The summed E-state index contributed by atoms with van der Waals surface area (Å²) in [4.78, 5) is 25.4. The molecular formula is C16H23FN4O3. The summed E-state index contributed by atoms with van der Waals surface area (Å²) in [6, 6.07) is 4.39. The van der Waals surface area contributed by atoms with E-state index in [1.54, 1.807) is 12.1 Å². The molecule has 1 atom stereocenters. The summed E-state index contributed by atoms with van der Waals surface area (Å²) in [5, 5.41) is 5.21. The number of nitrogens with two attached hydrogens (primary N) is 1. The molecule has 0 saturated carbocycles. The van der Waals surface area contributed by atoms with Gasteiger partial charge in [0, 0.05) is 31.7 Å². The molecule has 4 N–H and O–H groups in total. The van der Waals surface area contributed by atoms with Crippen molar-refractivity contribution in [1.29, 1.82) is 0 Å². The standard InChI is InChI=1S/C16H23FN4O3/c17-13-4-2-1-3-12(13)14(20-16(18)23)11-15(22)19-5-6-21-7-9-24-10-8-21/h1-4,14H,5-11H2,(H,19,22)(H3,18,20,23). The van der Waals surface area contributed by atoms with E-state index in [2.05, 4.69) is 15.5 Å². The molecule has 2 rings (SSSR count). The molecule has 0 aromatic heterocycles. The summed E-state index contributed by atoms with van der Waals surface area (Å²) < 4.78 is 19.2. The number of ether oxygens (including phenoxy) is 1. The van der Waals surface area contributed by atoms with Crippen molar-refractivity contribution in [2.45, 2.75) is 12.5 Å². The molecule has 132 valence electrons. The molecule has 1 aliphatic heterocycles. The fourth-order valence-electron chi connectivity index (χ4n) is 2.60. The highest BCUT2D eigenvalue weighted by Crippen LogP contribution is 2.19. The summed E-state index contributed by atoms with van der Waals surface area (Å²) in [6.45, 7) is 4.30. The van der Waals surface area contributed by atoms with E-state index in [1.807, 2.05) is 0 Å². The van der Waals surface area contributed by atoms with Crippen molar-refractivity contribution in [3.05, 3.63) is 35.6 Å². The van der Waals surface area contributed by atoms with Crippen LogP contribution in [0.25, 0.3) is 0 Å². The minimum absolute atomic E-state index is 0.0764. The molecule has 0 aliphatic carbocycles. The first kappa shape index (κ1) is 18.2. The monoisotopic (exact) mass is 338 g/mol. The maximum atomic E-state index is 13.9. The topological polar surface area (TPSA) is 96.7 Å². The number of hydrogen-bond acceptors (Lipinski definition) is 4. The number of benzene rings is 1. The number of carbonyl (C=O) groups excluding carboxylic acids is 2. The third-order valence-electron chi connectivity index (χ3n) is 3.84.